The van der Waals surface area contributed by atoms with Gasteiger partial charge in [-0.1, -0.05) is 5.92 Å². The van der Waals surface area contributed by atoms with E-state index in [0.717, 1.165) is 0 Å². The number of hydrogen-bond acceptors (Lipinski definition) is 4. The number of terminal acetylenes is 1. The topological polar surface area (TPSA) is 65.7 Å². The maximum Gasteiger partial charge on any atom is 0.145 e. The molecular formula is C11H12N2O2. The van der Waals surface area contributed by atoms with Gasteiger partial charge in [0.2, 0.25) is 0 Å². The maximum absolute atomic E-state index is 9.69. The second-order valence-corrected chi connectivity index (χ2v) is 2.96. The molecule has 0 bridgehead atoms. The zero-order valence-corrected chi connectivity index (χ0v) is 8.44. The van der Waals surface area contributed by atoms with Crippen LogP contribution in [0.15, 0.2) is 11.2 Å². The molecule has 1 rings (SSSR count). The van der Waals surface area contributed by atoms with E-state index in [-0.39, 0.29) is 18.9 Å². The van der Waals surface area contributed by atoms with Gasteiger partial charge in [0.25, 0.3) is 0 Å². The summed E-state index contributed by atoms with van der Waals surface area (Å²) < 4.78 is 0. The van der Waals surface area contributed by atoms with Crippen molar-refractivity contribution in [3.63, 3.8) is 0 Å². The fraction of sp³-hybridized carbons (Fsp3) is 0.273. The lowest BCUT2D eigenvalue weighted by Crippen LogP contribution is -1.98. The summed E-state index contributed by atoms with van der Waals surface area (Å²) in [5.41, 5.74) is 1.49. The van der Waals surface area contributed by atoms with E-state index in [1.807, 2.05) is 0 Å². The van der Waals surface area contributed by atoms with Crippen LogP contribution < -0.4 is 0 Å². The van der Waals surface area contributed by atoms with Crippen LogP contribution in [-0.4, -0.2) is 28.0 Å². The Labute approximate surface area is 88.3 Å². The lowest BCUT2D eigenvalue weighted by molar-refractivity contribution is 0.280. The van der Waals surface area contributed by atoms with E-state index in [1.54, 1.807) is 6.92 Å². The minimum atomic E-state index is -0.196. The van der Waals surface area contributed by atoms with Crippen LogP contribution in [0.1, 0.15) is 16.8 Å². The van der Waals surface area contributed by atoms with Crippen molar-refractivity contribution in [1.82, 2.24) is 4.98 Å². The van der Waals surface area contributed by atoms with Crippen LogP contribution in [0, 0.1) is 19.3 Å². The maximum atomic E-state index is 9.69. The van der Waals surface area contributed by atoms with Gasteiger partial charge in [-0.05, 0) is 6.92 Å². The number of aliphatic hydroxyl groups excluding tert-OH is 1. The molecule has 1 aromatic rings. The second-order valence-electron chi connectivity index (χ2n) is 2.96. The molecule has 0 saturated heterocycles. The molecule has 4 nitrogen and oxygen atoms in total. The third kappa shape index (κ3) is 2.55. The number of aliphatic hydroxyl groups is 1. The third-order valence-electron chi connectivity index (χ3n) is 1.93. The van der Waals surface area contributed by atoms with Crippen molar-refractivity contribution in [2.75, 3.05) is 6.54 Å². The second kappa shape index (κ2) is 5.13. The van der Waals surface area contributed by atoms with Crippen molar-refractivity contribution >= 4 is 6.21 Å². The number of hydrogen-bond donors (Lipinski definition) is 2. The predicted molar refractivity (Wildman–Crippen MR) is 57.9 cm³/mol. The van der Waals surface area contributed by atoms with E-state index >= 15 is 0 Å². The number of rotatable bonds is 3. The number of pyridine rings is 1. The molecule has 0 fully saturated rings. The molecule has 0 spiro atoms. The van der Waals surface area contributed by atoms with Gasteiger partial charge in [-0.15, -0.1) is 6.42 Å². The van der Waals surface area contributed by atoms with Crippen molar-refractivity contribution in [2.24, 2.45) is 4.99 Å². The number of aromatic hydroxyl groups is 1. The zero-order chi connectivity index (χ0) is 11.3. The average molecular weight is 204 g/mol. The van der Waals surface area contributed by atoms with Gasteiger partial charge in [-0.25, -0.2) is 0 Å². The first-order valence-electron chi connectivity index (χ1n) is 4.42. The lowest BCUT2D eigenvalue weighted by atomic mass is 10.1. The summed E-state index contributed by atoms with van der Waals surface area (Å²) >= 11 is 0. The van der Waals surface area contributed by atoms with E-state index in [1.165, 1.54) is 12.4 Å². The molecule has 0 aliphatic carbocycles. The summed E-state index contributed by atoms with van der Waals surface area (Å²) in [4.78, 5) is 7.84. The smallest absolute Gasteiger partial charge is 0.145 e. The Hall–Kier alpha value is -1.86. The normalized spacial score (nSPS) is 10.5. The third-order valence-corrected chi connectivity index (χ3v) is 1.93. The first-order valence-corrected chi connectivity index (χ1v) is 4.42. The van der Waals surface area contributed by atoms with Crippen LogP contribution >= 0.6 is 0 Å². The molecule has 4 heteroatoms. The van der Waals surface area contributed by atoms with Gasteiger partial charge >= 0.3 is 0 Å². The quantitative estimate of drug-likeness (QED) is 0.561. The van der Waals surface area contributed by atoms with E-state index in [0.29, 0.717) is 16.8 Å². The molecule has 1 heterocycles. The molecular weight excluding hydrogens is 192 g/mol. The highest BCUT2D eigenvalue weighted by Crippen LogP contribution is 2.21. The van der Waals surface area contributed by atoms with Gasteiger partial charge in [-0.2, -0.15) is 0 Å². The molecule has 0 atom stereocenters. The van der Waals surface area contributed by atoms with Crippen molar-refractivity contribution in [3.8, 4) is 18.1 Å². The fourth-order valence-electron chi connectivity index (χ4n) is 1.11. The van der Waals surface area contributed by atoms with E-state index in [9.17, 15) is 5.11 Å². The van der Waals surface area contributed by atoms with Crippen molar-refractivity contribution < 1.29 is 10.2 Å². The summed E-state index contributed by atoms with van der Waals surface area (Å²) in [6.45, 7) is 1.72. The van der Waals surface area contributed by atoms with Gasteiger partial charge < -0.3 is 10.2 Å². The Kier molecular flexibility index (Phi) is 3.83. The summed E-state index contributed by atoms with van der Waals surface area (Å²) in [6, 6.07) is 0. The number of aromatic nitrogens is 1. The van der Waals surface area contributed by atoms with E-state index < -0.39 is 0 Å². The Balaban J connectivity index is 3.13. The van der Waals surface area contributed by atoms with Crippen molar-refractivity contribution in [1.29, 1.82) is 0 Å². The summed E-state index contributed by atoms with van der Waals surface area (Å²) in [6.07, 6.45) is 8.00. The molecule has 0 amide bonds. The number of aryl methyl sites for hydroxylation is 1. The SMILES string of the molecule is C#CCN=Cc1c(CO)cnc(C)c1O. The minimum absolute atomic E-state index is 0.0299. The van der Waals surface area contributed by atoms with Gasteiger partial charge in [0.05, 0.1) is 18.8 Å². The number of nitrogens with zero attached hydrogens (tertiary/aromatic N) is 2. The van der Waals surface area contributed by atoms with Gasteiger partial charge in [-0.3, -0.25) is 9.98 Å². The molecule has 2 N–H and O–H groups in total. The highest BCUT2D eigenvalue weighted by molar-refractivity contribution is 5.85. The summed E-state index contributed by atoms with van der Waals surface area (Å²) in [5, 5.41) is 18.7. The molecule has 0 saturated carbocycles. The molecule has 0 unspecified atom stereocenters. The zero-order valence-electron chi connectivity index (χ0n) is 8.44. The average Bonchev–Trinajstić information content (AvgIpc) is 2.25. The van der Waals surface area contributed by atoms with Gasteiger partial charge in [0.1, 0.15) is 5.75 Å². The fourth-order valence-corrected chi connectivity index (χ4v) is 1.11. The van der Waals surface area contributed by atoms with Crippen molar-refractivity contribution in [2.45, 2.75) is 13.5 Å². The summed E-state index contributed by atoms with van der Waals surface area (Å²) in [5.74, 6) is 2.38. The first kappa shape index (κ1) is 11.2. The van der Waals surface area contributed by atoms with Crippen LogP contribution in [0.3, 0.4) is 0 Å². The van der Waals surface area contributed by atoms with E-state index in [4.69, 9.17) is 11.5 Å². The van der Waals surface area contributed by atoms with Gasteiger partial charge in [0.15, 0.2) is 0 Å². The Morgan fingerprint density at radius 1 is 1.67 bits per heavy atom. The Bertz CT molecular complexity index is 419. The van der Waals surface area contributed by atoms with Crippen molar-refractivity contribution in [3.05, 3.63) is 23.0 Å². The monoisotopic (exact) mass is 204 g/mol. The van der Waals surface area contributed by atoms with E-state index in [2.05, 4.69) is 15.9 Å². The standard InChI is InChI=1S/C11H12N2O2/c1-3-4-12-6-10-9(7-14)5-13-8(2)11(10)15/h1,5-6,14-15H,4,7H2,2H3. The lowest BCUT2D eigenvalue weighted by Gasteiger charge is -2.06. The molecule has 15 heavy (non-hydrogen) atoms. The molecule has 0 aliphatic rings. The van der Waals surface area contributed by atoms with Crippen LogP contribution in [0.2, 0.25) is 0 Å². The molecule has 0 aromatic carbocycles. The number of aliphatic imine (C=N–C) groups is 1. The highest BCUT2D eigenvalue weighted by atomic mass is 16.3. The van der Waals surface area contributed by atoms with Crippen LogP contribution in [-0.2, 0) is 6.61 Å². The molecule has 0 radical (unpaired) electrons. The van der Waals surface area contributed by atoms with Crippen LogP contribution in [0.4, 0.5) is 0 Å². The molecule has 1 aromatic heterocycles. The predicted octanol–water partition coefficient (Wildman–Crippen LogP) is 0.640. The molecule has 0 aliphatic heterocycles. The minimum Gasteiger partial charge on any atom is -0.505 e. The Morgan fingerprint density at radius 3 is 3.00 bits per heavy atom. The highest BCUT2D eigenvalue weighted by Gasteiger charge is 2.08. The van der Waals surface area contributed by atoms with Crippen LogP contribution in [0.25, 0.3) is 0 Å². The molecule has 78 valence electrons. The van der Waals surface area contributed by atoms with Crippen LogP contribution in [0.5, 0.6) is 5.75 Å². The Morgan fingerprint density at radius 2 is 2.40 bits per heavy atom. The largest absolute Gasteiger partial charge is 0.505 e. The summed E-state index contributed by atoms with van der Waals surface area (Å²) in [7, 11) is 0. The first-order chi connectivity index (χ1) is 7.20. The van der Waals surface area contributed by atoms with Gasteiger partial charge in [0, 0.05) is 23.5 Å².